The van der Waals surface area contributed by atoms with Gasteiger partial charge in [0, 0.05) is 36.9 Å². The number of benzene rings is 1. The zero-order valence-corrected chi connectivity index (χ0v) is 17.9. The van der Waals surface area contributed by atoms with Gasteiger partial charge in [-0.15, -0.1) is 0 Å². The van der Waals surface area contributed by atoms with Crippen molar-refractivity contribution in [2.45, 2.75) is 50.7 Å². The zero-order chi connectivity index (χ0) is 21.7. The van der Waals surface area contributed by atoms with Crippen LogP contribution in [0.1, 0.15) is 34.1 Å². The number of aromatic nitrogens is 1. The maximum atomic E-state index is 12.8. The van der Waals surface area contributed by atoms with Crippen molar-refractivity contribution in [2.24, 2.45) is 0 Å². The molecule has 0 spiro atoms. The fourth-order valence-electron chi connectivity index (χ4n) is 2.70. The SMILES string of the molecule is C[C@H](CN(CCC#N)C(=O)OC(C)(C)C)NS(=O)(=O)c1ccc2cnccc2c1. The summed E-state index contributed by atoms with van der Waals surface area (Å²) >= 11 is 0. The van der Waals surface area contributed by atoms with E-state index >= 15 is 0 Å². The van der Waals surface area contributed by atoms with Gasteiger partial charge in [0.2, 0.25) is 10.0 Å². The average Bonchev–Trinajstić information content (AvgIpc) is 2.62. The molecule has 0 fully saturated rings. The molecule has 2 aromatic rings. The predicted molar refractivity (Wildman–Crippen MR) is 110 cm³/mol. The van der Waals surface area contributed by atoms with Gasteiger partial charge < -0.3 is 9.64 Å². The number of pyridine rings is 1. The third kappa shape index (κ3) is 6.69. The van der Waals surface area contributed by atoms with Crippen molar-refractivity contribution >= 4 is 26.9 Å². The van der Waals surface area contributed by atoms with E-state index < -0.39 is 27.8 Å². The molecule has 156 valence electrons. The van der Waals surface area contributed by atoms with Crippen LogP contribution in [0.4, 0.5) is 4.79 Å². The number of amides is 1. The van der Waals surface area contributed by atoms with Crippen molar-refractivity contribution < 1.29 is 17.9 Å². The number of nitriles is 1. The van der Waals surface area contributed by atoms with E-state index in [9.17, 15) is 13.2 Å². The maximum absolute atomic E-state index is 12.8. The number of carbonyl (C=O) groups is 1. The Morgan fingerprint density at radius 3 is 2.69 bits per heavy atom. The summed E-state index contributed by atoms with van der Waals surface area (Å²) in [6.07, 6.45) is 2.80. The van der Waals surface area contributed by atoms with Gasteiger partial charge in [0.15, 0.2) is 0 Å². The molecule has 0 aliphatic heterocycles. The lowest BCUT2D eigenvalue weighted by Gasteiger charge is -2.29. The largest absolute Gasteiger partial charge is 0.444 e. The Morgan fingerprint density at radius 2 is 2.03 bits per heavy atom. The summed E-state index contributed by atoms with van der Waals surface area (Å²) in [5, 5.41) is 10.4. The van der Waals surface area contributed by atoms with Crippen LogP contribution < -0.4 is 4.72 Å². The van der Waals surface area contributed by atoms with E-state index in [-0.39, 0.29) is 24.4 Å². The molecule has 1 aromatic carbocycles. The number of carbonyl (C=O) groups excluding carboxylic acids is 1. The quantitative estimate of drug-likeness (QED) is 0.739. The average molecular weight is 419 g/mol. The lowest BCUT2D eigenvalue weighted by Crippen LogP contribution is -2.46. The first-order valence-electron chi connectivity index (χ1n) is 9.23. The number of ether oxygens (including phenoxy) is 1. The third-order valence-electron chi connectivity index (χ3n) is 3.92. The lowest BCUT2D eigenvalue weighted by molar-refractivity contribution is 0.0243. The van der Waals surface area contributed by atoms with E-state index in [1.807, 2.05) is 6.07 Å². The van der Waals surface area contributed by atoms with Crippen LogP contribution in [0, 0.1) is 11.3 Å². The van der Waals surface area contributed by atoms with Gasteiger partial charge in [-0.2, -0.15) is 5.26 Å². The van der Waals surface area contributed by atoms with Crippen LogP contribution in [0.2, 0.25) is 0 Å². The second-order valence-corrected chi connectivity index (χ2v) is 9.46. The standard InChI is InChI=1S/C20H26N4O4S/c1-15(14-24(11-5-9-21)19(25)28-20(2,3)4)23-29(26,27)18-7-6-17-13-22-10-8-16(17)12-18/h6-8,10,12-13,15,23H,5,11,14H2,1-4H3/t15-/m1/s1. The van der Waals surface area contributed by atoms with Gasteiger partial charge in [-0.1, -0.05) is 6.07 Å². The van der Waals surface area contributed by atoms with Gasteiger partial charge in [-0.25, -0.2) is 17.9 Å². The monoisotopic (exact) mass is 418 g/mol. The second kappa shape index (κ2) is 9.20. The van der Waals surface area contributed by atoms with Crippen LogP contribution in [0.15, 0.2) is 41.6 Å². The van der Waals surface area contributed by atoms with Crippen molar-refractivity contribution in [3.8, 4) is 6.07 Å². The molecule has 29 heavy (non-hydrogen) atoms. The highest BCUT2D eigenvalue weighted by atomic mass is 32.2. The summed E-state index contributed by atoms with van der Waals surface area (Å²) in [5.74, 6) is 0. The summed E-state index contributed by atoms with van der Waals surface area (Å²) in [5.41, 5.74) is -0.690. The molecular formula is C20H26N4O4S. The summed E-state index contributed by atoms with van der Waals surface area (Å²) in [6, 6.07) is 7.93. The number of sulfonamides is 1. The van der Waals surface area contributed by atoms with Crippen LogP contribution in [-0.2, 0) is 14.8 Å². The molecule has 9 heteroatoms. The summed E-state index contributed by atoms with van der Waals surface area (Å²) in [4.78, 5) is 17.9. The molecule has 0 saturated carbocycles. The Balaban J connectivity index is 2.13. The highest BCUT2D eigenvalue weighted by molar-refractivity contribution is 7.89. The Kier molecular flexibility index (Phi) is 7.16. The fraction of sp³-hybridized carbons (Fsp3) is 0.450. The minimum atomic E-state index is -3.79. The predicted octanol–water partition coefficient (Wildman–Crippen LogP) is 3.05. The first-order chi connectivity index (χ1) is 13.5. The van der Waals surface area contributed by atoms with E-state index in [0.29, 0.717) is 0 Å². The molecule has 0 unspecified atom stereocenters. The van der Waals surface area contributed by atoms with E-state index in [1.165, 1.54) is 11.0 Å². The van der Waals surface area contributed by atoms with Crippen molar-refractivity contribution in [1.82, 2.24) is 14.6 Å². The number of nitrogens with zero attached hydrogens (tertiary/aromatic N) is 3. The molecule has 8 nitrogen and oxygen atoms in total. The molecule has 1 aromatic heterocycles. The zero-order valence-electron chi connectivity index (χ0n) is 17.0. The summed E-state index contributed by atoms with van der Waals surface area (Å²) in [7, 11) is -3.79. The Bertz CT molecular complexity index is 1010. The molecule has 2 rings (SSSR count). The maximum Gasteiger partial charge on any atom is 0.410 e. The molecule has 0 bridgehead atoms. The highest BCUT2D eigenvalue weighted by Gasteiger charge is 2.25. The molecule has 0 radical (unpaired) electrons. The number of hydrogen-bond donors (Lipinski definition) is 1. The van der Waals surface area contributed by atoms with Gasteiger partial charge in [-0.3, -0.25) is 4.98 Å². The summed E-state index contributed by atoms with van der Waals surface area (Å²) in [6.45, 7) is 7.12. The molecule has 1 atom stereocenters. The normalized spacial score (nSPS) is 12.9. The Hall–Kier alpha value is -2.70. The topological polar surface area (TPSA) is 112 Å². The number of nitrogens with one attached hydrogen (secondary N) is 1. The second-order valence-electron chi connectivity index (χ2n) is 7.74. The van der Waals surface area contributed by atoms with Gasteiger partial charge in [-0.05, 0) is 51.3 Å². The molecule has 1 amide bonds. The van der Waals surface area contributed by atoms with Gasteiger partial charge in [0.1, 0.15) is 5.60 Å². The van der Waals surface area contributed by atoms with Crippen LogP contribution in [0.5, 0.6) is 0 Å². The van der Waals surface area contributed by atoms with Gasteiger partial charge in [0.25, 0.3) is 0 Å². The fourth-order valence-corrected chi connectivity index (χ4v) is 3.97. The smallest absolute Gasteiger partial charge is 0.410 e. The van der Waals surface area contributed by atoms with Gasteiger partial charge in [0.05, 0.1) is 17.4 Å². The van der Waals surface area contributed by atoms with E-state index in [4.69, 9.17) is 10.00 Å². The van der Waals surface area contributed by atoms with E-state index in [1.54, 1.807) is 58.3 Å². The van der Waals surface area contributed by atoms with Crippen LogP contribution >= 0.6 is 0 Å². The molecule has 0 aliphatic rings. The molecule has 1 heterocycles. The molecule has 1 N–H and O–H groups in total. The van der Waals surface area contributed by atoms with Crippen molar-refractivity contribution in [2.75, 3.05) is 13.1 Å². The van der Waals surface area contributed by atoms with E-state index in [2.05, 4.69) is 9.71 Å². The van der Waals surface area contributed by atoms with E-state index in [0.717, 1.165) is 10.8 Å². The Labute approximate surface area is 171 Å². The number of fused-ring (bicyclic) bond motifs is 1. The van der Waals surface area contributed by atoms with Crippen molar-refractivity contribution in [1.29, 1.82) is 5.26 Å². The minimum absolute atomic E-state index is 0.0767. The van der Waals surface area contributed by atoms with Crippen LogP contribution in [-0.4, -0.2) is 49.1 Å². The molecular weight excluding hydrogens is 392 g/mol. The van der Waals surface area contributed by atoms with Crippen LogP contribution in [0.3, 0.4) is 0 Å². The van der Waals surface area contributed by atoms with Crippen LogP contribution in [0.25, 0.3) is 10.8 Å². The molecule has 0 saturated heterocycles. The first-order valence-corrected chi connectivity index (χ1v) is 10.7. The number of rotatable bonds is 7. The first kappa shape index (κ1) is 22.6. The van der Waals surface area contributed by atoms with Crippen molar-refractivity contribution in [3.05, 3.63) is 36.7 Å². The summed E-state index contributed by atoms with van der Waals surface area (Å²) < 4.78 is 33.5. The number of hydrogen-bond acceptors (Lipinski definition) is 6. The van der Waals surface area contributed by atoms with Gasteiger partial charge >= 0.3 is 6.09 Å². The minimum Gasteiger partial charge on any atom is -0.444 e. The highest BCUT2D eigenvalue weighted by Crippen LogP contribution is 2.18. The molecule has 0 aliphatic carbocycles. The Morgan fingerprint density at radius 1 is 1.31 bits per heavy atom. The lowest BCUT2D eigenvalue weighted by atomic mass is 10.2. The van der Waals surface area contributed by atoms with Crippen molar-refractivity contribution in [3.63, 3.8) is 0 Å². The third-order valence-corrected chi connectivity index (χ3v) is 5.51.